The lowest BCUT2D eigenvalue weighted by Crippen LogP contribution is -2.31. The smallest absolute Gasteiger partial charge is 0.227 e. The highest BCUT2D eigenvalue weighted by atomic mass is 32.2. The number of hydrogen-bond donors (Lipinski definition) is 1. The maximum absolute atomic E-state index is 12.7. The van der Waals surface area contributed by atoms with Crippen LogP contribution in [-0.4, -0.2) is 31.5 Å². The van der Waals surface area contributed by atoms with Crippen molar-refractivity contribution in [1.82, 2.24) is 9.97 Å². The first kappa shape index (κ1) is 15.7. The summed E-state index contributed by atoms with van der Waals surface area (Å²) in [6.07, 6.45) is 4.70. The van der Waals surface area contributed by atoms with E-state index < -0.39 is 9.84 Å². The Balaban J connectivity index is 1.97. The third-order valence-corrected chi connectivity index (χ3v) is 5.77. The van der Waals surface area contributed by atoms with E-state index in [2.05, 4.69) is 9.97 Å². The summed E-state index contributed by atoms with van der Waals surface area (Å²) in [5.41, 5.74) is 6.80. The van der Waals surface area contributed by atoms with Gasteiger partial charge in [0.1, 0.15) is 10.7 Å². The van der Waals surface area contributed by atoms with Gasteiger partial charge in [0, 0.05) is 13.1 Å². The standard InChI is InChI=1S/C16H20N4O2S/c1-12-6-5-7-13(10-12)23(21,22)14-11-18-16(19-15(14)17)20-8-3-2-4-9-20/h5-7,10-11H,2-4,8-9H2,1H3,(H2,17,18,19). The van der Waals surface area contributed by atoms with E-state index in [0.717, 1.165) is 31.5 Å². The molecule has 0 saturated carbocycles. The maximum atomic E-state index is 12.7. The Hall–Kier alpha value is -2.15. The summed E-state index contributed by atoms with van der Waals surface area (Å²) in [5, 5.41) is 0. The fourth-order valence-corrected chi connectivity index (χ4v) is 4.10. The molecule has 1 fully saturated rings. The van der Waals surface area contributed by atoms with E-state index in [9.17, 15) is 8.42 Å². The van der Waals surface area contributed by atoms with E-state index in [0.29, 0.717) is 5.95 Å². The summed E-state index contributed by atoms with van der Waals surface area (Å²) >= 11 is 0. The Morgan fingerprint density at radius 1 is 1.17 bits per heavy atom. The van der Waals surface area contributed by atoms with Gasteiger partial charge in [0.2, 0.25) is 15.8 Å². The first-order chi connectivity index (χ1) is 11.0. The van der Waals surface area contributed by atoms with Crippen molar-refractivity contribution in [2.24, 2.45) is 0 Å². The normalized spacial score (nSPS) is 15.6. The van der Waals surface area contributed by atoms with Crippen LogP contribution in [0.25, 0.3) is 0 Å². The molecule has 2 N–H and O–H groups in total. The molecular formula is C16H20N4O2S. The molecule has 0 aliphatic carbocycles. The Bertz CT molecular complexity index is 815. The minimum Gasteiger partial charge on any atom is -0.382 e. The Kier molecular flexibility index (Phi) is 4.21. The molecular weight excluding hydrogens is 312 g/mol. The average Bonchev–Trinajstić information content (AvgIpc) is 2.55. The number of benzene rings is 1. The molecule has 2 heterocycles. The summed E-state index contributed by atoms with van der Waals surface area (Å²) in [6.45, 7) is 3.60. The van der Waals surface area contributed by atoms with Gasteiger partial charge in [-0.05, 0) is 43.9 Å². The number of sulfone groups is 1. The molecule has 3 rings (SSSR count). The second kappa shape index (κ2) is 6.16. The Morgan fingerprint density at radius 2 is 1.91 bits per heavy atom. The largest absolute Gasteiger partial charge is 0.382 e. The molecule has 1 saturated heterocycles. The highest BCUT2D eigenvalue weighted by molar-refractivity contribution is 7.91. The van der Waals surface area contributed by atoms with Gasteiger partial charge in [0.15, 0.2) is 0 Å². The number of aromatic nitrogens is 2. The second-order valence-corrected chi connectivity index (χ2v) is 7.71. The number of nitrogens with zero attached hydrogens (tertiary/aromatic N) is 3. The molecule has 1 aliphatic heterocycles. The Labute approximate surface area is 136 Å². The van der Waals surface area contributed by atoms with Crippen molar-refractivity contribution in [2.75, 3.05) is 23.7 Å². The van der Waals surface area contributed by atoms with Gasteiger partial charge in [-0.15, -0.1) is 0 Å². The molecule has 1 aromatic heterocycles. The van der Waals surface area contributed by atoms with Crippen LogP contribution < -0.4 is 10.6 Å². The zero-order chi connectivity index (χ0) is 16.4. The lowest BCUT2D eigenvalue weighted by Gasteiger charge is -2.26. The van der Waals surface area contributed by atoms with E-state index >= 15 is 0 Å². The van der Waals surface area contributed by atoms with Crippen LogP contribution in [0.5, 0.6) is 0 Å². The number of aryl methyl sites for hydroxylation is 1. The monoisotopic (exact) mass is 332 g/mol. The fraction of sp³-hybridized carbons (Fsp3) is 0.375. The summed E-state index contributed by atoms with van der Waals surface area (Å²) in [6, 6.07) is 6.73. The third-order valence-electron chi connectivity index (χ3n) is 4.00. The SMILES string of the molecule is Cc1cccc(S(=O)(=O)c2cnc(N3CCCCC3)nc2N)c1. The van der Waals surface area contributed by atoms with Crippen LogP contribution in [0.3, 0.4) is 0 Å². The van der Waals surface area contributed by atoms with Crippen molar-refractivity contribution >= 4 is 21.6 Å². The van der Waals surface area contributed by atoms with Crippen LogP contribution in [0.1, 0.15) is 24.8 Å². The zero-order valence-electron chi connectivity index (χ0n) is 13.1. The quantitative estimate of drug-likeness (QED) is 0.927. The van der Waals surface area contributed by atoms with Gasteiger partial charge in [-0.25, -0.2) is 13.4 Å². The number of rotatable bonds is 3. The van der Waals surface area contributed by atoms with Crippen LogP contribution in [-0.2, 0) is 9.84 Å². The first-order valence-electron chi connectivity index (χ1n) is 7.68. The molecule has 0 spiro atoms. The topological polar surface area (TPSA) is 89.2 Å². The number of piperidine rings is 1. The lowest BCUT2D eigenvalue weighted by molar-refractivity contribution is 0.567. The minimum absolute atomic E-state index is 0.00193. The van der Waals surface area contributed by atoms with Gasteiger partial charge in [0.25, 0.3) is 0 Å². The van der Waals surface area contributed by atoms with Crippen LogP contribution in [0, 0.1) is 6.92 Å². The molecule has 7 heteroatoms. The molecule has 0 radical (unpaired) electrons. The molecule has 0 amide bonds. The van der Waals surface area contributed by atoms with E-state index in [4.69, 9.17) is 5.73 Å². The Morgan fingerprint density at radius 3 is 2.57 bits per heavy atom. The number of nitrogen functional groups attached to an aromatic ring is 1. The molecule has 6 nitrogen and oxygen atoms in total. The third kappa shape index (κ3) is 3.14. The molecule has 23 heavy (non-hydrogen) atoms. The molecule has 0 atom stereocenters. The van der Waals surface area contributed by atoms with Gasteiger partial charge in [-0.3, -0.25) is 0 Å². The minimum atomic E-state index is -3.71. The van der Waals surface area contributed by atoms with Gasteiger partial charge in [-0.2, -0.15) is 4.98 Å². The summed E-state index contributed by atoms with van der Waals surface area (Å²) < 4.78 is 25.4. The zero-order valence-corrected chi connectivity index (χ0v) is 13.9. The number of hydrogen-bond acceptors (Lipinski definition) is 6. The predicted octanol–water partition coefficient (Wildman–Crippen LogP) is 2.19. The highest BCUT2D eigenvalue weighted by Crippen LogP contribution is 2.26. The van der Waals surface area contributed by atoms with Crippen LogP contribution in [0.2, 0.25) is 0 Å². The van der Waals surface area contributed by atoms with E-state index in [1.807, 2.05) is 17.9 Å². The van der Waals surface area contributed by atoms with E-state index in [1.54, 1.807) is 18.2 Å². The predicted molar refractivity (Wildman–Crippen MR) is 89.1 cm³/mol. The van der Waals surface area contributed by atoms with Crippen molar-refractivity contribution in [1.29, 1.82) is 0 Å². The molecule has 122 valence electrons. The number of anilines is 2. The molecule has 0 bridgehead atoms. The van der Waals surface area contributed by atoms with Gasteiger partial charge in [-0.1, -0.05) is 12.1 Å². The van der Waals surface area contributed by atoms with Crippen LogP contribution in [0.15, 0.2) is 40.3 Å². The van der Waals surface area contributed by atoms with Crippen molar-refractivity contribution in [3.05, 3.63) is 36.0 Å². The molecule has 1 aliphatic rings. The molecule has 2 aromatic rings. The first-order valence-corrected chi connectivity index (χ1v) is 9.16. The molecule has 1 aromatic carbocycles. The highest BCUT2D eigenvalue weighted by Gasteiger charge is 2.24. The summed E-state index contributed by atoms with van der Waals surface area (Å²) in [7, 11) is -3.71. The van der Waals surface area contributed by atoms with E-state index in [-0.39, 0.29) is 15.6 Å². The second-order valence-electron chi connectivity index (χ2n) is 5.79. The fourth-order valence-electron chi connectivity index (χ4n) is 2.74. The van der Waals surface area contributed by atoms with Crippen molar-refractivity contribution < 1.29 is 8.42 Å². The van der Waals surface area contributed by atoms with Gasteiger partial charge in [0.05, 0.1) is 11.1 Å². The van der Waals surface area contributed by atoms with Crippen molar-refractivity contribution in [3.8, 4) is 0 Å². The van der Waals surface area contributed by atoms with E-state index in [1.165, 1.54) is 12.6 Å². The van der Waals surface area contributed by atoms with Gasteiger partial charge >= 0.3 is 0 Å². The van der Waals surface area contributed by atoms with Crippen molar-refractivity contribution in [2.45, 2.75) is 36.0 Å². The van der Waals surface area contributed by atoms with Crippen molar-refractivity contribution in [3.63, 3.8) is 0 Å². The summed E-state index contributed by atoms with van der Waals surface area (Å²) in [5.74, 6) is 0.507. The number of nitrogens with two attached hydrogens (primary N) is 1. The van der Waals surface area contributed by atoms with Crippen LogP contribution >= 0.6 is 0 Å². The molecule has 0 unspecified atom stereocenters. The van der Waals surface area contributed by atoms with Crippen LogP contribution in [0.4, 0.5) is 11.8 Å². The maximum Gasteiger partial charge on any atom is 0.227 e. The van der Waals surface area contributed by atoms with Gasteiger partial charge < -0.3 is 10.6 Å². The lowest BCUT2D eigenvalue weighted by atomic mass is 10.1. The average molecular weight is 332 g/mol. The summed E-state index contributed by atoms with van der Waals surface area (Å²) in [4.78, 5) is 10.7.